The highest BCUT2D eigenvalue weighted by molar-refractivity contribution is 7.99. The molecule has 4 rings (SSSR count). The molecule has 1 N–H and O–H groups in total. The first-order valence-corrected chi connectivity index (χ1v) is 13.3. The lowest BCUT2D eigenvalue weighted by Crippen LogP contribution is -2.42. The molecule has 2 aromatic carbocycles. The molecular weight excluding hydrogens is 482 g/mol. The molecule has 5 nitrogen and oxygen atoms in total. The van der Waals surface area contributed by atoms with Crippen molar-refractivity contribution >= 4 is 28.6 Å². The third-order valence-corrected chi connectivity index (χ3v) is 8.04. The summed E-state index contributed by atoms with van der Waals surface area (Å²) in [5.74, 6) is 0.252. The van der Waals surface area contributed by atoms with Crippen molar-refractivity contribution in [1.82, 2.24) is 9.88 Å². The number of carboxylic acids is 1. The number of fused-ring (bicyclic) bond motifs is 1. The van der Waals surface area contributed by atoms with Crippen LogP contribution in [-0.4, -0.2) is 53.5 Å². The van der Waals surface area contributed by atoms with Gasteiger partial charge in [-0.25, -0.2) is 8.78 Å². The van der Waals surface area contributed by atoms with Crippen LogP contribution in [0.5, 0.6) is 5.75 Å². The van der Waals surface area contributed by atoms with E-state index < -0.39 is 17.6 Å². The maximum absolute atomic E-state index is 13.9. The van der Waals surface area contributed by atoms with Crippen molar-refractivity contribution in [2.75, 3.05) is 32.5 Å². The Bertz CT molecular complexity index is 1190. The minimum absolute atomic E-state index is 0.0847. The van der Waals surface area contributed by atoms with Gasteiger partial charge in [0.2, 0.25) is 0 Å². The summed E-state index contributed by atoms with van der Waals surface area (Å²) < 4.78 is 32.7. The van der Waals surface area contributed by atoms with E-state index in [9.17, 15) is 18.7 Å². The van der Waals surface area contributed by atoms with Crippen LogP contribution in [0.3, 0.4) is 0 Å². The number of aromatic nitrogens is 1. The van der Waals surface area contributed by atoms with Crippen molar-refractivity contribution in [3.8, 4) is 5.75 Å². The van der Waals surface area contributed by atoms with Crippen molar-refractivity contribution in [3.63, 3.8) is 0 Å². The zero-order chi connectivity index (χ0) is 25.5. The number of rotatable bonds is 11. The van der Waals surface area contributed by atoms with Crippen molar-refractivity contribution in [2.24, 2.45) is 11.8 Å². The van der Waals surface area contributed by atoms with Gasteiger partial charge in [0.15, 0.2) is 0 Å². The molecular formula is C28H32F2N2O3S. The van der Waals surface area contributed by atoms with Crippen molar-refractivity contribution in [1.29, 1.82) is 0 Å². The van der Waals surface area contributed by atoms with Crippen LogP contribution in [0.2, 0.25) is 0 Å². The van der Waals surface area contributed by atoms with Gasteiger partial charge in [0.05, 0.1) is 12.6 Å². The zero-order valence-corrected chi connectivity index (χ0v) is 21.3. The Morgan fingerprint density at radius 1 is 1.19 bits per heavy atom. The van der Waals surface area contributed by atoms with Crippen LogP contribution in [0.1, 0.15) is 31.2 Å². The topological polar surface area (TPSA) is 62.7 Å². The Morgan fingerprint density at radius 3 is 2.86 bits per heavy atom. The number of carbonyl (C=O) groups is 1. The van der Waals surface area contributed by atoms with Gasteiger partial charge in [0, 0.05) is 41.7 Å². The number of piperidine rings is 1. The van der Waals surface area contributed by atoms with E-state index in [0.717, 1.165) is 67.6 Å². The molecule has 36 heavy (non-hydrogen) atoms. The minimum atomic E-state index is -0.768. The monoisotopic (exact) mass is 514 g/mol. The van der Waals surface area contributed by atoms with Crippen LogP contribution in [-0.2, 0) is 11.2 Å². The first-order valence-electron chi connectivity index (χ1n) is 12.4. The number of hydrogen-bond donors (Lipinski definition) is 1. The fraction of sp³-hybridized carbons (Fsp3) is 0.429. The molecule has 1 aliphatic heterocycles. The molecule has 0 amide bonds. The largest absolute Gasteiger partial charge is 0.497 e. The summed E-state index contributed by atoms with van der Waals surface area (Å²) in [5, 5.41) is 10.6. The van der Waals surface area contributed by atoms with Crippen LogP contribution in [0.4, 0.5) is 8.78 Å². The van der Waals surface area contributed by atoms with E-state index in [0.29, 0.717) is 23.1 Å². The van der Waals surface area contributed by atoms with E-state index >= 15 is 0 Å². The van der Waals surface area contributed by atoms with E-state index in [1.807, 2.05) is 24.4 Å². The third kappa shape index (κ3) is 6.95. The number of aliphatic carboxylic acids is 1. The van der Waals surface area contributed by atoms with E-state index in [-0.39, 0.29) is 12.3 Å². The Kier molecular flexibility index (Phi) is 9.15. The van der Waals surface area contributed by atoms with Gasteiger partial charge in [-0.3, -0.25) is 9.78 Å². The quantitative estimate of drug-likeness (QED) is 0.314. The zero-order valence-electron chi connectivity index (χ0n) is 20.5. The van der Waals surface area contributed by atoms with Crippen molar-refractivity contribution in [2.45, 2.75) is 37.0 Å². The van der Waals surface area contributed by atoms with E-state index in [4.69, 9.17) is 4.74 Å². The highest BCUT2D eigenvalue weighted by atomic mass is 32.2. The standard InChI is InChI=1S/C28H32F2N2O3S/c1-35-23-6-8-26-24(17-23)20(9-11-31-26)4-2-3-19-10-12-32(18-21(19)15-28(33)34)13-14-36-27-16-22(29)5-7-25(27)30/h5-9,11,16-17,19,21H,2-4,10,12-15,18H2,1H3,(H,33,34)/t19-,21+/m1/s1. The predicted molar refractivity (Wildman–Crippen MR) is 139 cm³/mol. The number of aryl methyl sites for hydroxylation is 1. The van der Waals surface area contributed by atoms with Gasteiger partial charge < -0.3 is 14.7 Å². The summed E-state index contributed by atoms with van der Waals surface area (Å²) in [4.78, 5) is 18.6. The first-order chi connectivity index (χ1) is 17.4. The average molecular weight is 515 g/mol. The molecule has 1 fully saturated rings. The third-order valence-electron chi connectivity index (χ3n) is 7.03. The fourth-order valence-corrected chi connectivity index (χ4v) is 6.12. The molecule has 2 heterocycles. The summed E-state index contributed by atoms with van der Waals surface area (Å²) >= 11 is 1.30. The van der Waals surface area contributed by atoms with Gasteiger partial charge in [0.1, 0.15) is 17.4 Å². The molecule has 8 heteroatoms. The number of benzene rings is 2. The summed E-state index contributed by atoms with van der Waals surface area (Å²) in [6, 6.07) is 11.5. The molecule has 0 bridgehead atoms. The van der Waals surface area contributed by atoms with Gasteiger partial charge in [-0.1, -0.05) is 0 Å². The molecule has 1 saturated heterocycles. The summed E-state index contributed by atoms with van der Waals surface area (Å²) in [7, 11) is 1.66. The number of thioether (sulfide) groups is 1. The number of carboxylic acid groups (broad SMARTS) is 1. The molecule has 1 aliphatic rings. The lowest BCUT2D eigenvalue weighted by molar-refractivity contribution is -0.139. The van der Waals surface area contributed by atoms with Gasteiger partial charge in [-0.15, -0.1) is 11.8 Å². The van der Waals surface area contributed by atoms with Crippen LogP contribution < -0.4 is 4.74 Å². The maximum Gasteiger partial charge on any atom is 0.303 e. The Hall–Kier alpha value is -2.71. The molecule has 0 spiro atoms. The normalized spacial score (nSPS) is 18.4. The summed E-state index contributed by atoms with van der Waals surface area (Å²) in [6.07, 6.45) is 5.80. The fourth-order valence-electron chi connectivity index (χ4n) is 5.15. The SMILES string of the molecule is COc1ccc2nccc(CCC[C@@H]3CCN(CCSc4cc(F)ccc4F)C[C@@H]3CC(=O)O)c2c1. The lowest BCUT2D eigenvalue weighted by atomic mass is 9.80. The van der Waals surface area contributed by atoms with Gasteiger partial charge >= 0.3 is 5.97 Å². The molecule has 0 unspecified atom stereocenters. The van der Waals surface area contributed by atoms with Crippen molar-refractivity contribution < 1.29 is 23.4 Å². The first kappa shape index (κ1) is 26.4. The number of pyridine rings is 1. The van der Waals surface area contributed by atoms with Gasteiger partial charge in [-0.2, -0.15) is 0 Å². The Balaban J connectivity index is 1.31. The molecule has 2 atom stereocenters. The van der Waals surface area contributed by atoms with Gasteiger partial charge in [0.25, 0.3) is 0 Å². The van der Waals surface area contributed by atoms with E-state index in [2.05, 4.69) is 16.0 Å². The smallest absolute Gasteiger partial charge is 0.303 e. The summed E-state index contributed by atoms with van der Waals surface area (Å²) in [5.41, 5.74) is 2.18. The number of ether oxygens (including phenoxy) is 1. The Morgan fingerprint density at radius 2 is 2.06 bits per heavy atom. The van der Waals surface area contributed by atoms with E-state index in [1.54, 1.807) is 7.11 Å². The molecule has 0 aliphatic carbocycles. The highest BCUT2D eigenvalue weighted by Gasteiger charge is 2.30. The lowest BCUT2D eigenvalue weighted by Gasteiger charge is -2.38. The summed E-state index contributed by atoms with van der Waals surface area (Å²) in [6.45, 7) is 2.33. The van der Waals surface area contributed by atoms with Crippen LogP contribution in [0.15, 0.2) is 53.6 Å². The second kappa shape index (κ2) is 12.5. The predicted octanol–water partition coefficient (Wildman–Crippen LogP) is 6.05. The number of halogens is 2. The molecule has 192 valence electrons. The maximum atomic E-state index is 13.9. The highest BCUT2D eigenvalue weighted by Crippen LogP contribution is 2.32. The minimum Gasteiger partial charge on any atom is -0.497 e. The number of likely N-dealkylation sites (tertiary alicyclic amines) is 1. The Labute approximate surface area is 214 Å². The van der Waals surface area contributed by atoms with Crippen LogP contribution in [0, 0.1) is 23.5 Å². The number of methoxy groups -OCH3 is 1. The van der Waals surface area contributed by atoms with Crippen LogP contribution >= 0.6 is 11.8 Å². The molecule has 3 aromatic rings. The van der Waals surface area contributed by atoms with E-state index in [1.165, 1.54) is 23.4 Å². The van der Waals surface area contributed by atoms with Gasteiger partial charge in [-0.05, 0) is 92.1 Å². The van der Waals surface area contributed by atoms with Crippen molar-refractivity contribution in [3.05, 3.63) is 65.9 Å². The second-order valence-corrected chi connectivity index (χ2v) is 10.5. The number of nitrogens with zero attached hydrogens (tertiary/aromatic N) is 2. The van der Waals surface area contributed by atoms with Crippen LogP contribution in [0.25, 0.3) is 10.9 Å². The molecule has 0 saturated carbocycles. The molecule has 0 radical (unpaired) electrons. The average Bonchev–Trinajstić information content (AvgIpc) is 2.86. The molecule has 1 aromatic heterocycles. The second-order valence-electron chi connectivity index (χ2n) is 9.38. The number of hydrogen-bond acceptors (Lipinski definition) is 5.